The molecule has 0 amide bonds. The molecule has 1 N–H and O–H groups in total. The number of nitrogens with zero attached hydrogens (tertiary/aromatic N) is 3. The van der Waals surface area contributed by atoms with Crippen LogP contribution in [0.2, 0.25) is 0 Å². The molecule has 4 aromatic rings. The molecule has 7 unspecified atom stereocenters. The topological polar surface area (TPSA) is 467 Å². The maximum atomic E-state index is 13.2. The van der Waals surface area contributed by atoms with Gasteiger partial charge in [0, 0.05) is 51.0 Å². The van der Waals surface area contributed by atoms with Crippen molar-refractivity contribution < 1.29 is 225 Å². The second-order valence-corrected chi connectivity index (χ2v) is 41.5. The van der Waals surface area contributed by atoms with Crippen molar-refractivity contribution in [1.82, 2.24) is 0 Å². The molecule has 758 valence electrons. The summed E-state index contributed by atoms with van der Waals surface area (Å²) in [5.74, 6) is -15.3. The summed E-state index contributed by atoms with van der Waals surface area (Å²) in [6, 6.07) is 36.3. The molecule has 8 rings (SSSR count). The molecule has 7 atom stereocenters. The molecular weight excluding hydrogens is 1940 g/mol. The first-order valence-electron chi connectivity index (χ1n) is 38.8. The van der Waals surface area contributed by atoms with Crippen LogP contribution in [0.15, 0.2) is 176 Å². The molecule has 0 saturated heterocycles. The predicted octanol–water partition coefficient (Wildman–Crippen LogP) is 9.09. The smallest absolute Gasteiger partial charge is 0.748 e. The minimum atomic E-state index is -5.98. The van der Waals surface area contributed by atoms with E-state index < -0.39 is 187 Å². The number of benzene rings is 4. The molecule has 0 radical (unpaired) electrons. The summed E-state index contributed by atoms with van der Waals surface area (Å²) < 4.78 is 363. The number of halogens is 14. The van der Waals surface area contributed by atoms with Crippen LogP contribution in [0.4, 0.5) is 61.5 Å². The number of alkyl halides is 14. The average Bonchev–Trinajstić information content (AvgIpc) is 0.708. The largest absolute Gasteiger partial charge is 1.00 e. The molecule has 4 bridgehead atoms. The molecule has 4 saturated carbocycles. The molecule has 52 heteroatoms. The van der Waals surface area contributed by atoms with Gasteiger partial charge in [0.15, 0.2) is 16.2 Å². The normalized spacial score (nSPS) is 17.6. The average molecular weight is 2050 g/mol. The van der Waals surface area contributed by atoms with Gasteiger partial charge in [-0.25, -0.2) is 62.4 Å². The van der Waals surface area contributed by atoms with Gasteiger partial charge < -0.3 is 64.8 Å². The van der Waals surface area contributed by atoms with Crippen LogP contribution in [0.1, 0.15) is 107 Å². The SMILES string of the molecule is C=C(C)C(=O)OC(CS(=O)(=O)O)C(F)(F)F.C=C(C)C(=O)OC(CS(=O)(=O)[O-])C(F)(F)F.C=C(C)C(=O)OC(CS(=O)(=O)[O-])C(F)(F)F.C=C(C)C(=O)OC12CC3CC(C1)CC(C(=O)OC(CS(=O)(=O)[O-])C(F)(F)F)(C3)C2.C=C(C)C(=O)Oc1ccc(C(=O)OC(C)C(F)(F)S(=O)(=O)[O-])cc1.C[N+](C)(C)Cc1ccccc1.C[N+](C)(C)Cc1ccccc1.C[N+](C)(C)Cc1ccccc1.[Li+]. The number of ether oxygens (including phenoxy) is 7. The summed E-state index contributed by atoms with van der Waals surface area (Å²) in [6.07, 6.45) is -32.5. The first-order valence-corrected chi connectivity index (χ1v) is 46.5. The number of carbonyl (C=O) groups is 7. The van der Waals surface area contributed by atoms with Gasteiger partial charge in [0.1, 0.15) is 36.7 Å². The van der Waals surface area contributed by atoms with Crippen molar-refractivity contribution in [1.29, 1.82) is 0 Å². The van der Waals surface area contributed by atoms with E-state index in [4.69, 9.17) is 14.0 Å². The number of hydrogen-bond acceptors (Lipinski definition) is 28. The zero-order chi connectivity index (χ0) is 105. The fraction of sp³-hybridized carbons (Fsp3) is 0.506. The Labute approximate surface area is 786 Å². The van der Waals surface area contributed by atoms with Crippen LogP contribution in [0.5, 0.6) is 5.75 Å². The number of quaternary nitrogens is 3. The van der Waals surface area contributed by atoms with E-state index in [1.807, 2.05) is 0 Å². The molecule has 4 aliphatic rings. The van der Waals surface area contributed by atoms with Gasteiger partial charge >= 0.3 is 90.6 Å². The Morgan fingerprint density at radius 2 is 0.689 bits per heavy atom. The van der Waals surface area contributed by atoms with E-state index in [2.05, 4.69) is 211 Å². The van der Waals surface area contributed by atoms with Crippen LogP contribution < -0.4 is 23.6 Å². The Kier molecular flexibility index (Phi) is 49.4. The van der Waals surface area contributed by atoms with Gasteiger partial charge in [-0.2, -0.15) is 69.9 Å². The standard InChI is InChI=1S/C18H23F3O7S.C14H14F2O7S.3C10H16N.3C7H9F3O5S.Li/c1-10(2)14(22)28-17-6-11-3-12(7-17)5-16(4-11,9-17)15(23)27-13(18(19,20)21)8-29(24,25)26;1-8(2)12(17)23-11-6-4-10(5-7-11)13(18)22-9(3)14(15,16)24(19,20)21;3*1-11(2,3)9-10-7-5-4-6-8-10;3*1-4(2)6(11)15-5(7(8,9)10)3-16(12,13)14;/h11-13H,1,3-9H2,2H3,(H,24,25,26);4-7,9H,1H2,2-3H3,(H,19,20,21);3*4-8H,9H2,1-3H3;3*5H,1,3H2,2H3,(H,12,13,14);/q;;3*+1;;;;+1/p-4. The molecular formula is C83H108F14LiN3O29S5. The summed E-state index contributed by atoms with van der Waals surface area (Å²) in [5.41, 5.74) is 1.06. The molecule has 4 fully saturated rings. The van der Waals surface area contributed by atoms with Crippen LogP contribution in [0, 0.1) is 17.3 Å². The first kappa shape index (κ1) is 128. The van der Waals surface area contributed by atoms with Crippen molar-refractivity contribution in [3.05, 3.63) is 198 Å². The van der Waals surface area contributed by atoms with E-state index in [0.717, 1.165) is 72.4 Å². The monoisotopic (exact) mass is 2040 g/mol. The molecule has 4 aromatic carbocycles. The molecule has 135 heavy (non-hydrogen) atoms. The second kappa shape index (κ2) is 52.1. The minimum Gasteiger partial charge on any atom is -0.748 e. The van der Waals surface area contributed by atoms with Crippen molar-refractivity contribution in [2.45, 2.75) is 166 Å². The van der Waals surface area contributed by atoms with Gasteiger partial charge in [-0.05, 0) is 110 Å². The maximum absolute atomic E-state index is 13.2. The number of carbonyl (C=O) groups excluding carboxylic acids is 7. The third-order valence-corrected chi connectivity index (χ3v) is 21.1. The van der Waals surface area contributed by atoms with Crippen LogP contribution in [-0.4, -0.2) is 273 Å². The summed E-state index contributed by atoms with van der Waals surface area (Å²) >= 11 is 0. The third-order valence-electron chi connectivity index (χ3n) is 17.3. The summed E-state index contributed by atoms with van der Waals surface area (Å²) in [6.45, 7) is 26.0. The second-order valence-electron chi connectivity index (χ2n) is 34.2. The fourth-order valence-electron chi connectivity index (χ4n) is 12.0. The molecule has 0 aliphatic heterocycles. The minimum absolute atomic E-state index is 0. The predicted molar refractivity (Wildman–Crippen MR) is 450 cm³/mol. The molecule has 32 nitrogen and oxygen atoms in total. The van der Waals surface area contributed by atoms with Crippen molar-refractivity contribution in [2.75, 3.05) is 86.4 Å². The Balaban J connectivity index is 0. The molecule has 0 heterocycles. The molecule has 4 aliphatic carbocycles. The fourth-order valence-corrected chi connectivity index (χ4v) is 15.0. The van der Waals surface area contributed by atoms with E-state index >= 15 is 0 Å². The van der Waals surface area contributed by atoms with Gasteiger partial charge in [-0.3, -0.25) is 9.35 Å². The molecule has 0 aromatic heterocycles. The number of rotatable bonds is 30. The van der Waals surface area contributed by atoms with Crippen molar-refractivity contribution in [3.8, 4) is 5.75 Å². The third kappa shape index (κ3) is 53.4. The van der Waals surface area contributed by atoms with Crippen LogP contribution >= 0.6 is 0 Å². The first-order chi connectivity index (χ1) is 60.0. The van der Waals surface area contributed by atoms with Crippen LogP contribution in [0.3, 0.4) is 0 Å². The van der Waals surface area contributed by atoms with E-state index in [0.29, 0.717) is 19.8 Å². The number of hydrogen-bond donors (Lipinski definition) is 1. The summed E-state index contributed by atoms with van der Waals surface area (Å²) in [5, 5.41) is -4.76. The van der Waals surface area contributed by atoms with E-state index in [1.165, 1.54) is 42.7 Å². The zero-order valence-electron chi connectivity index (χ0n) is 76.3. The quantitative estimate of drug-likeness (QED) is 0.00742. The Morgan fingerprint density at radius 1 is 0.415 bits per heavy atom. The maximum Gasteiger partial charge on any atom is 1.00 e. The Hall–Kier alpha value is -9.08. The van der Waals surface area contributed by atoms with Gasteiger partial charge in [0.25, 0.3) is 10.1 Å². The van der Waals surface area contributed by atoms with Crippen molar-refractivity contribution in [3.63, 3.8) is 0 Å². The van der Waals surface area contributed by atoms with E-state index in [1.54, 1.807) is 0 Å². The van der Waals surface area contributed by atoms with Gasteiger partial charge in [-0.1, -0.05) is 124 Å². The Bertz CT molecular complexity index is 4970. The summed E-state index contributed by atoms with van der Waals surface area (Å²) in [7, 11) is -6.66. The van der Waals surface area contributed by atoms with Crippen molar-refractivity contribution in [2.24, 2.45) is 17.3 Å². The van der Waals surface area contributed by atoms with Gasteiger partial charge in [-0.15, -0.1) is 0 Å². The van der Waals surface area contributed by atoms with Crippen LogP contribution in [0.25, 0.3) is 0 Å². The van der Waals surface area contributed by atoms with E-state index in [9.17, 15) is 155 Å². The Morgan fingerprint density at radius 3 is 0.933 bits per heavy atom. The number of esters is 7. The van der Waals surface area contributed by atoms with Gasteiger partial charge in [0.05, 0.1) is 122 Å². The van der Waals surface area contributed by atoms with Crippen LogP contribution in [-0.2, 0) is 127 Å². The van der Waals surface area contributed by atoms with E-state index in [-0.39, 0.29) is 89.1 Å². The van der Waals surface area contributed by atoms with Crippen molar-refractivity contribution >= 4 is 92.4 Å². The molecule has 0 spiro atoms. The zero-order valence-corrected chi connectivity index (χ0v) is 80.4. The summed E-state index contributed by atoms with van der Waals surface area (Å²) in [4.78, 5) is 80.2. The van der Waals surface area contributed by atoms with Gasteiger partial charge in [0.2, 0.25) is 24.4 Å².